The average Bonchev–Trinajstić information content (AvgIpc) is 2.72. The lowest BCUT2D eigenvalue weighted by atomic mass is 9.53. The highest BCUT2D eigenvalue weighted by atomic mass is 19.1. The largest absolute Gasteiger partial charge is 0.299 e. The molecular weight excluding hydrogens is 363 g/mol. The summed E-state index contributed by atoms with van der Waals surface area (Å²) in [7, 11) is 0. The number of carbonyl (C=O) groups is 1. The highest BCUT2D eigenvalue weighted by molar-refractivity contribution is 5.84. The van der Waals surface area contributed by atoms with E-state index in [0.717, 1.165) is 55.1 Å². The van der Waals surface area contributed by atoms with Crippen molar-refractivity contribution in [3.63, 3.8) is 0 Å². The SMILES string of the molecule is O=C(Cc1ccccn1)C1CC2(CCC(c3ccnc4ccc(F)cc34)CC2)C1. The maximum absolute atomic E-state index is 13.8. The first-order valence-corrected chi connectivity index (χ1v) is 10.6. The summed E-state index contributed by atoms with van der Waals surface area (Å²) in [5.74, 6) is 0.792. The minimum absolute atomic E-state index is 0.199. The average molecular weight is 388 g/mol. The van der Waals surface area contributed by atoms with E-state index in [2.05, 4.69) is 16.0 Å². The zero-order chi connectivity index (χ0) is 19.8. The molecule has 2 aliphatic carbocycles. The molecule has 0 saturated heterocycles. The normalized spacial score (nSPS) is 26.4. The topological polar surface area (TPSA) is 42.9 Å². The van der Waals surface area contributed by atoms with Crippen molar-refractivity contribution in [3.05, 3.63) is 71.9 Å². The molecule has 2 aromatic heterocycles. The highest BCUT2D eigenvalue weighted by Crippen LogP contribution is 2.57. The number of benzene rings is 1. The van der Waals surface area contributed by atoms with Gasteiger partial charge in [0, 0.05) is 35.8 Å². The van der Waals surface area contributed by atoms with E-state index in [1.165, 1.54) is 11.6 Å². The molecule has 29 heavy (non-hydrogen) atoms. The molecule has 0 bridgehead atoms. The molecule has 0 radical (unpaired) electrons. The van der Waals surface area contributed by atoms with Crippen molar-refractivity contribution in [3.8, 4) is 0 Å². The Morgan fingerprint density at radius 3 is 2.62 bits per heavy atom. The number of pyridine rings is 2. The van der Waals surface area contributed by atoms with Crippen LogP contribution in [0.25, 0.3) is 10.9 Å². The van der Waals surface area contributed by atoms with Crippen molar-refractivity contribution in [1.82, 2.24) is 9.97 Å². The van der Waals surface area contributed by atoms with Gasteiger partial charge in [0.2, 0.25) is 0 Å². The Balaban J connectivity index is 1.22. The minimum atomic E-state index is -0.202. The predicted octanol–water partition coefficient (Wildman–Crippen LogP) is 5.63. The first-order chi connectivity index (χ1) is 14.1. The van der Waals surface area contributed by atoms with Crippen molar-refractivity contribution >= 4 is 16.7 Å². The molecule has 0 aliphatic heterocycles. The van der Waals surface area contributed by atoms with Crippen molar-refractivity contribution in [2.75, 3.05) is 0 Å². The zero-order valence-corrected chi connectivity index (χ0v) is 16.5. The van der Waals surface area contributed by atoms with E-state index in [9.17, 15) is 9.18 Å². The van der Waals surface area contributed by atoms with Crippen LogP contribution in [0.2, 0.25) is 0 Å². The van der Waals surface area contributed by atoms with Gasteiger partial charge in [0.05, 0.1) is 5.52 Å². The maximum Gasteiger partial charge on any atom is 0.141 e. The van der Waals surface area contributed by atoms with E-state index >= 15 is 0 Å². The van der Waals surface area contributed by atoms with Gasteiger partial charge in [0.15, 0.2) is 0 Å². The Labute approximate surface area is 170 Å². The molecule has 3 aromatic rings. The highest BCUT2D eigenvalue weighted by Gasteiger charge is 2.48. The van der Waals surface area contributed by atoms with Crippen LogP contribution in [0.15, 0.2) is 54.9 Å². The van der Waals surface area contributed by atoms with Crippen molar-refractivity contribution in [2.24, 2.45) is 11.3 Å². The smallest absolute Gasteiger partial charge is 0.141 e. The van der Waals surface area contributed by atoms with E-state index < -0.39 is 0 Å². The monoisotopic (exact) mass is 388 g/mol. The molecule has 2 aliphatic rings. The molecule has 1 spiro atoms. The molecule has 1 aromatic carbocycles. The van der Waals surface area contributed by atoms with Gasteiger partial charge in [-0.1, -0.05) is 6.07 Å². The Hall–Kier alpha value is -2.62. The quantitative estimate of drug-likeness (QED) is 0.581. The molecule has 5 rings (SSSR count). The summed E-state index contributed by atoms with van der Waals surface area (Å²) in [6, 6.07) is 12.7. The molecule has 0 unspecified atom stereocenters. The Kier molecular flexibility index (Phi) is 4.65. The summed E-state index contributed by atoms with van der Waals surface area (Å²) in [5, 5.41) is 0.950. The Morgan fingerprint density at radius 2 is 1.86 bits per heavy atom. The van der Waals surface area contributed by atoms with E-state index in [4.69, 9.17) is 0 Å². The summed E-state index contributed by atoms with van der Waals surface area (Å²) in [6.07, 6.45) is 10.6. The molecule has 0 atom stereocenters. The number of aromatic nitrogens is 2. The molecule has 3 nitrogen and oxygen atoms in total. The third-order valence-corrected chi connectivity index (χ3v) is 7.12. The van der Waals surface area contributed by atoms with E-state index in [0.29, 0.717) is 23.5 Å². The minimum Gasteiger partial charge on any atom is -0.299 e. The van der Waals surface area contributed by atoms with E-state index in [-0.39, 0.29) is 11.7 Å². The molecule has 0 N–H and O–H groups in total. The number of hydrogen-bond donors (Lipinski definition) is 0. The van der Waals surface area contributed by atoms with Gasteiger partial charge >= 0.3 is 0 Å². The van der Waals surface area contributed by atoms with Gasteiger partial charge in [-0.15, -0.1) is 0 Å². The number of nitrogens with zero attached hydrogens (tertiary/aromatic N) is 2. The maximum atomic E-state index is 13.8. The molecule has 2 heterocycles. The van der Waals surface area contributed by atoms with Crippen LogP contribution in [0.4, 0.5) is 4.39 Å². The van der Waals surface area contributed by atoms with E-state index in [1.807, 2.05) is 24.4 Å². The standard InChI is InChI=1S/C25H25FN2O/c26-19-4-5-23-22(13-19)21(8-12-28-23)17-6-9-25(10-7-17)15-18(16-25)24(29)14-20-3-1-2-11-27-20/h1-5,8,11-13,17-18H,6-7,9-10,14-16H2. The van der Waals surface area contributed by atoms with Gasteiger partial charge in [-0.3, -0.25) is 14.8 Å². The number of rotatable bonds is 4. The van der Waals surface area contributed by atoms with Crippen molar-refractivity contribution in [1.29, 1.82) is 0 Å². The summed E-state index contributed by atoms with van der Waals surface area (Å²) >= 11 is 0. The van der Waals surface area contributed by atoms with Gasteiger partial charge < -0.3 is 0 Å². The second-order valence-corrected chi connectivity index (χ2v) is 8.91. The van der Waals surface area contributed by atoms with Crippen LogP contribution in [0, 0.1) is 17.2 Å². The lowest BCUT2D eigenvalue weighted by Gasteiger charge is -2.51. The lowest BCUT2D eigenvalue weighted by Crippen LogP contribution is -2.43. The Morgan fingerprint density at radius 1 is 1.03 bits per heavy atom. The number of fused-ring (bicyclic) bond motifs is 1. The summed E-state index contributed by atoms with van der Waals surface area (Å²) < 4.78 is 13.8. The third-order valence-electron chi connectivity index (χ3n) is 7.12. The van der Waals surface area contributed by atoms with Crippen LogP contribution < -0.4 is 0 Å². The number of ketones is 1. The predicted molar refractivity (Wildman–Crippen MR) is 111 cm³/mol. The van der Waals surface area contributed by atoms with Gasteiger partial charge in [0.1, 0.15) is 11.6 Å². The summed E-state index contributed by atoms with van der Waals surface area (Å²) in [6.45, 7) is 0. The molecular formula is C25H25FN2O. The van der Waals surface area contributed by atoms with Crippen LogP contribution in [-0.4, -0.2) is 15.8 Å². The van der Waals surface area contributed by atoms with Crippen LogP contribution >= 0.6 is 0 Å². The second kappa shape index (κ2) is 7.33. The molecule has 4 heteroatoms. The van der Waals surface area contributed by atoms with Crippen LogP contribution in [0.3, 0.4) is 0 Å². The van der Waals surface area contributed by atoms with Crippen LogP contribution in [-0.2, 0) is 11.2 Å². The molecule has 2 fully saturated rings. The summed E-state index contributed by atoms with van der Waals surface area (Å²) in [4.78, 5) is 21.3. The third kappa shape index (κ3) is 3.57. The number of carbonyl (C=O) groups excluding carboxylic acids is 1. The zero-order valence-electron chi connectivity index (χ0n) is 16.5. The fraction of sp³-hybridized carbons (Fsp3) is 0.400. The van der Waals surface area contributed by atoms with Crippen molar-refractivity contribution in [2.45, 2.75) is 50.9 Å². The number of hydrogen-bond acceptors (Lipinski definition) is 3. The van der Waals surface area contributed by atoms with Gasteiger partial charge in [-0.05, 0) is 91.8 Å². The van der Waals surface area contributed by atoms with Gasteiger partial charge in [-0.25, -0.2) is 4.39 Å². The van der Waals surface area contributed by atoms with Gasteiger partial charge in [0.25, 0.3) is 0 Å². The summed E-state index contributed by atoms with van der Waals surface area (Å²) in [5.41, 5.74) is 3.31. The lowest BCUT2D eigenvalue weighted by molar-refractivity contribution is -0.131. The molecule has 2 saturated carbocycles. The van der Waals surface area contributed by atoms with Crippen molar-refractivity contribution < 1.29 is 9.18 Å². The molecule has 0 amide bonds. The number of Topliss-reactive ketones (excluding diaryl/α,β-unsaturated/α-hetero) is 1. The first kappa shape index (κ1) is 18.4. The fourth-order valence-electron chi connectivity index (χ4n) is 5.48. The van der Waals surface area contributed by atoms with Crippen LogP contribution in [0.1, 0.15) is 55.7 Å². The number of halogens is 1. The second-order valence-electron chi connectivity index (χ2n) is 8.91. The molecule has 148 valence electrons. The first-order valence-electron chi connectivity index (χ1n) is 10.6. The Bertz CT molecular complexity index is 1030. The fourth-order valence-corrected chi connectivity index (χ4v) is 5.48. The van der Waals surface area contributed by atoms with Gasteiger partial charge in [-0.2, -0.15) is 0 Å². The van der Waals surface area contributed by atoms with Crippen LogP contribution in [0.5, 0.6) is 0 Å². The van der Waals surface area contributed by atoms with E-state index in [1.54, 1.807) is 18.3 Å².